The molecule has 0 unspecified atom stereocenters. The predicted octanol–water partition coefficient (Wildman–Crippen LogP) is 7.13. The quantitative estimate of drug-likeness (QED) is 0.291. The number of benzene rings is 2. The highest BCUT2D eigenvalue weighted by atomic mass is 127. The molecule has 2 fully saturated rings. The van der Waals surface area contributed by atoms with E-state index in [9.17, 15) is 9.90 Å². The van der Waals surface area contributed by atoms with Crippen LogP contribution < -0.4 is 0 Å². The molecule has 1 aromatic heterocycles. The lowest BCUT2D eigenvalue weighted by molar-refractivity contribution is -0.152. The summed E-state index contributed by atoms with van der Waals surface area (Å²) < 4.78 is 6.90. The van der Waals surface area contributed by atoms with Gasteiger partial charge in [-0.25, -0.2) is 0 Å². The molecule has 6 nitrogen and oxygen atoms in total. The van der Waals surface area contributed by atoms with E-state index in [-0.39, 0.29) is 0 Å². The Bertz CT molecular complexity index is 1190. The van der Waals surface area contributed by atoms with Gasteiger partial charge in [-0.1, -0.05) is 61.7 Å². The lowest BCUT2D eigenvalue weighted by atomic mass is 9.76. The molecule has 36 heavy (non-hydrogen) atoms. The van der Waals surface area contributed by atoms with Gasteiger partial charge in [0.15, 0.2) is 0 Å². The van der Waals surface area contributed by atoms with Crippen LogP contribution in [0.15, 0.2) is 47.0 Å². The van der Waals surface area contributed by atoms with Gasteiger partial charge in [-0.3, -0.25) is 9.69 Å². The Labute approximate surface area is 226 Å². The summed E-state index contributed by atoms with van der Waals surface area (Å²) in [5, 5.41) is 13.9. The number of likely N-dealkylation sites (tertiary alicyclic amines) is 1. The summed E-state index contributed by atoms with van der Waals surface area (Å²) in [5.74, 6) is 1.17. The summed E-state index contributed by atoms with van der Waals surface area (Å²) in [6, 6.07) is 14.8. The Morgan fingerprint density at radius 3 is 2.42 bits per heavy atom. The summed E-state index contributed by atoms with van der Waals surface area (Å²) in [7, 11) is 0. The Balaban J connectivity index is 1.22. The molecule has 1 N–H and O–H groups in total. The first-order valence-corrected chi connectivity index (χ1v) is 14.2. The van der Waals surface area contributed by atoms with Gasteiger partial charge in [-0.05, 0) is 97.0 Å². The van der Waals surface area contributed by atoms with Crippen LogP contribution in [0.1, 0.15) is 75.3 Å². The second kappa shape index (κ2) is 11.0. The molecule has 7 heteroatoms. The van der Waals surface area contributed by atoms with Gasteiger partial charge >= 0.3 is 5.97 Å². The minimum Gasteiger partial charge on any atom is -0.481 e. The number of hydrogen-bond acceptors (Lipinski definition) is 5. The second-order valence-electron chi connectivity index (χ2n) is 10.4. The third-order valence-corrected chi connectivity index (χ3v) is 9.21. The van der Waals surface area contributed by atoms with Crippen molar-refractivity contribution in [1.29, 1.82) is 0 Å². The summed E-state index contributed by atoms with van der Waals surface area (Å²) in [6.45, 7) is 4.44. The molecule has 1 saturated carbocycles. The number of carbonyl (C=O) groups is 1. The summed E-state index contributed by atoms with van der Waals surface area (Å²) in [5.41, 5.74) is 3.99. The Kier molecular flexibility index (Phi) is 7.76. The maximum atomic E-state index is 11.7. The summed E-state index contributed by atoms with van der Waals surface area (Å²) >= 11 is 2.44. The van der Waals surface area contributed by atoms with Crippen molar-refractivity contribution >= 4 is 28.6 Å². The molecule has 2 aliphatic rings. The van der Waals surface area contributed by atoms with Crippen LogP contribution in [0.4, 0.5) is 0 Å². The zero-order valence-corrected chi connectivity index (χ0v) is 23.0. The normalized spacial score (nSPS) is 18.8. The number of carboxylic acids is 1. The van der Waals surface area contributed by atoms with E-state index in [0.717, 1.165) is 30.8 Å². The van der Waals surface area contributed by atoms with E-state index in [2.05, 4.69) is 68.0 Å². The molecule has 0 amide bonds. The predicted molar refractivity (Wildman–Crippen MR) is 149 cm³/mol. The largest absolute Gasteiger partial charge is 0.481 e. The topological polar surface area (TPSA) is 79.5 Å². The average Bonchev–Trinajstić information content (AvgIpc) is 3.40. The number of rotatable bonds is 7. The third kappa shape index (κ3) is 5.37. The van der Waals surface area contributed by atoms with Crippen LogP contribution in [0.5, 0.6) is 0 Å². The SMILES string of the molecule is CCC1(C(=O)O)CCN(Cc2ccc(-c3noc(-c4ccc(C5CCCCC5)c(I)c4)n3)cc2)CC1. The van der Waals surface area contributed by atoms with Crippen LogP contribution in [0.3, 0.4) is 0 Å². The monoisotopic (exact) mass is 599 g/mol. The molecule has 0 spiro atoms. The van der Waals surface area contributed by atoms with Gasteiger partial charge in [0.2, 0.25) is 5.82 Å². The fraction of sp³-hybridized carbons (Fsp3) is 0.483. The average molecular weight is 600 g/mol. The molecule has 2 heterocycles. The van der Waals surface area contributed by atoms with E-state index in [4.69, 9.17) is 4.52 Å². The Morgan fingerprint density at radius 1 is 1.08 bits per heavy atom. The van der Waals surface area contributed by atoms with Gasteiger partial charge in [-0.2, -0.15) is 4.98 Å². The molecule has 190 valence electrons. The summed E-state index contributed by atoms with van der Waals surface area (Å²) in [4.78, 5) is 18.7. The maximum Gasteiger partial charge on any atom is 0.309 e. The number of aliphatic carboxylic acids is 1. The highest BCUT2D eigenvalue weighted by Crippen LogP contribution is 2.37. The van der Waals surface area contributed by atoms with Crippen LogP contribution in [0, 0.1) is 8.99 Å². The van der Waals surface area contributed by atoms with E-state index < -0.39 is 11.4 Å². The highest BCUT2D eigenvalue weighted by Gasteiger charge is 2.39. The van der Waals surface area contributed by atoms with Gasteiger partial charge in [0.25, 0.3) is 5.89 Å². The van der Waals surface area contributed by atoms with Crippen LogP contribution in [0.2, 0.25) is 0 Å². The molecule has 1 aliphatic heterocycles. The molecule has 5 rings (SSSR count). The lowest BCUT2D eigenvalue weighted by Gasteiger charge is -2.38. The van der Waals surface area contributed by atoms with Crippen molar-refractivity contribution in [2.24, 2.45) is 5.41 Å². The number of carboxylic acid groups (broad SMARTS) is 1. The molecule has 0 radical (unpaired) electrons. The number of nitrogens with zero attached hydrogens (tertiary/aromatic N) is 3. The first-order valence-electron chi connectivity index (χ1n) is 13.2. The van der Waals surface area contributed by atoms with Crippen LogP contribution in [-0.4, -0.2) is 39.2 Å². The molecule has 1 aliphatic carbocycles. The molecule has 3 aromatic rings. The van der Waals surface area contributed by atoms with Gasteiger partial charge < -0.3 is 9.63 Å². The molecule has 2 aromatic carbocycles. The Morgan fingerprint density at radius 2 is 1.78 bits per heavy atom. The minimum atomic E-state index is -0.650. The first kappa shape index (κ1) is 25.4. The van der Waals surface area contributed by atoms with Crippen LogP contribution in [-0.2, 0) is 11.3 Å². The van der Waals surface area contributed by atoms with Gasteiger partial charge in [-0.15, -0.1) is 0 Å². The fourth-order valence-electron chi connectivity index (χ4n) is 5.74. The van der Waals surface area contributed by atoms with E-state index in [1.54, 1.807) is 0 Å². The van der Waals surface area contributed by atoms with Crippen LogP contribution >= 0.6 is 22.6 Å². The van der Waals surface area contributed by atoms with Crippen molar-refractivity contribution in [2.45, 2.75) is 70.8 Å². The minimum absolute atomic E-state index is 0.549. The number of hydrogen-bond donors (Lipinski definition) is 1. The standard InChI is InChI=1S/C29H34IN3O3/c1-2-29(28(34)35)14-16-33(17-15-29)19-20-8-10-22(11-9-20)26-31-27(36-32-26)23-12-13-24(25(30)18-23)21-6-4-3-5-7-21/h8-13,18,21H,2-7,14-17,19H2,1H3,(H,34,35). The van der Waals surface area contributed by atoms with Crippen LogP contribution in [0.25, 0.3) is 22.8 Å². The van der Waals surface area contributed by atoms with E-state index in [1.807, 2.05) is 19.1 Å². The van der Waals surface area contributed by atoms with Crippen molar-refractivity contribution in [3.8, 4) is 22.8 Å². The molecule has 1 saturated heterocycles. The van der Waals surface area contributed by atoms with Crippen molar-refractivity contribution in [3.63, 3.8) is 0 Å². The number of halogens is 1. The molecule has 0 bridgehead atoms. The Hall–Kier alpha value is -2.26. The number of aromatic nitrogens is 2. The second-order valence-corrected chi connectivity index (χ2v) is 11.6. The summed E-state index contributed by atoms with van der Waals surface area (Å²) in [6.07, 6.45) is 8.72. The van der Waals surface area contributed by atoms with Crippen molar-refractivity contribution in [2.75, 3.05) is 13.1 Å². The van der Waals surface area contributed by atoms with Crippen molar-refractivity contribution in [1.82, 2.24) is 15.0 Å². The van der Waals surface area contributed by atoms with Gasteiger partial charge in [0.1, 0.15) is 0 Å². The zero-order chi connectivity index (χ0) is 25.1. The number of piperidine rings is 1. The third-order valence-electron chi connectivity index (χ3n) is 8.28. The van der Waals surface area contributed by atoms with Gasteiger partial charge in [0, 0.05) is 21.2 Å². The van der Waals surface area contributed by atoms with Gasteiger partial charge in [0.05, 0.1) is 5.41 Å². The maximum absolute atomic E-state index is 11.7. The van der Waals surface area contributed by atoms with Crippen molar-refractivity contribution in [3.05, 3.63) is 57.2 Å². The molecule has 0 atom stereocenters. The smallest absolute Gasteiger partial charge is 0.309 e. The van der Waals surface area contributed by atoms with E-state index >= 15 is 0 Å². The molecular formula is C29H34IN3O3. The van der Waals surface area contributed by atoms with E-state index in [0.29, 0.717) is 36.9 Å². The van der Waals surface area contributed by atoms with Crippen molar-refractivity contribution < 1.29 is 14.4 Å². The fourth-order valence-corrected chi connectivity index (χ4v) is 6.69. The lowest BCUT2D eigenvalue weighted by Crippen LogP contribution is -2.43. The highest BCUT2D eigenvalue weighted by molar-refractivity contribution is 14.1. The first-order chi connectivity index (χ1) is 17.5. The zero-order valence-electron chi connectivity index (χ0n) is 20.9. The van der Waals surface area contributed by atoms with E-state index in [1.165, 1.54) is 46.8 Å². The molecular weight excluding hydrogens is 565 g/mol.